The monoisotopic (exact) mass is 332 g/mol. The van der Waals surface area contributed by atoms with E-state index in [1.54, 1.807) is 18.2 Å². The number of halogens is 2. The third-order valence-electron chi connectivity index (χ3n) is 2.52. The summed E-state index contributed by atoms with van der Waals surface area (Å²) in [7, 11) is 0. The molecule has 0 saturated heterocycles. The fourth-order valence-corrected chi connectivity index (χ4v) is 1.98. The fraction of sp³-hybridized carbons (Fsp3) is 0.429. The van der Waals surface area contributed by atoms with Crippen LogP contribution < -0.4 is 15.4 Å². The molecule has 0 radical (unpaired) electrons. The number of benzene rings is 1. The topological polar surface area (TPSA) is 67.4 Å². The van der Waals surface area contributed by atoms with Gasteiger partial charge in [-0.2, -0.15) is 0 Å². The van der Waals surface area contributed by atoms with E-state index in [4.69, 9.17) is 27.9 Å². The molecule has 0 fully saturated rings. The van der Waals surface area contributed by atoms with Gasteiger partial charge in [0, 0.05) is 31.5 Å². The first-order chi connectivity index (χ1) is 9.99. The van der Waals surface area contributed by atoms with Gasteiger partial charge in [0.25, 0.3) is 0 Å². The number of rotatable bonds is 8. The number of carbonyl (C=O) groups excluding carboxylic acids is 2. The Kier molecular flexibility index (Phi) is 7.93. The average Bonchev–Trinajstić information content (AvgIpc) is 2.40. The quantitative estimate of drug-likeness (QED) is 0.718. The summed E-state index contributed by atoms with van der Waals surface area (Å²) >= 11 is 11.7. The summed E-state index contributed by atoms with van der Waals surface area (Å²) in [4.78, 5) is 22.0. The maximum Gasteiger partial charge on any atom is 0.221 e. The summed E-state index contributed by atoms with van der Waals surface area (Å²) in [6, 6.07) is 5.02. The zero-order valence-electron chi connectivity index (χ0n) is 11.7. The Bertz CT molecular complexity index is 495. The van der Waals surface area contributed by atoms with E-state index in [2.05, 4.69) is 10.6 Å². The first-order valence-corrected chi connectivity index (χ1v) is 7.33. The van der Waals surface area contributed by atoms with Crippen LogP contribution in [0.1, 0.15) is 19.8 Å². The van der Waals surface area contributed by atoms with Gasteiger partial charge in [0.2, 0.25) is 11.8 Å². The van der Waals surface area contributed by atoms with Gasteiger partial charge in [0.05, 0.1) is 11.6 Å². The van der Waals surface area contributed by atoms with E-state index in [0.717, 1.165) is 0 Å². The number of ether oxygens (including phenoxy) is 1. The summed E-state index contributed by atoms with van der Waals surface area (Å²) in [6.45, 7) is 2.70. The largest absolute Gasteiger partial charge is 0.492 e. The van der Waals surface area contributed by atoms with Crippen molar-refractivity contribution in [3.63, 3.8) is 0 Å². The van der Waals surface area contributed by atoms with Crippen LogP contribution in [0.5, 0.6) is 5.75 Å². The molecule has 0 unspecified atom stereocenters. The summed E-state index contributed by atoms with van der Waals surface area (Å²) in [5.74, 6) is 0.322. The van der Waals surface area contributed by atoms with Crippen molar-refractivity contribution >= 4 is 35.0 Å². The number of hydrogen-bond acceptors (Lipinski definition) is 3. The standard InChI is InChI=1S/C14H18Cl2N2O3/c1-10(19)17-7-5-14(20)18-6-2-8-21-13-4-3-11(15)9-12(13)16/h3-4,9H,2,5-8H2,1H3,(H,17,19)(H,18,20). The minimum Gasteiger partial charge on any atom is -0.492 e. The van der Waals surface area contributed by atoms with Crippen LogP contribution in [0.2, 0.25) is 10.0 Å². The number of hydrogen-bond donors (Lipinski definition) is 2. The summed E-state index contributed by atoms with van der Waals surface area (Å²) in [5.41, 5.74) is 0. The van der Waals surface area contributed by atoms with Crippen molar-refractivity contribution < 1.29 is 14.3 Å². The highest BCUT2D eigenvalue weighted by Crippen LogP contribution is 2.27. The highest BCUT2D eigenvalue weighted by atomic mass is 35.5. The van der Waals surface area contributed by atoms with Crippen molar-refractivity contribution in [2.75, 3.05) is 19.7 Å². The molecule has 5 nitrogen and oxygen atoms in total. The Hall–Kier alpha value is -1.46. The maximum absolute atomic E-state index is 11.4. The lowest BCUT2D eigenvalue weighted by Gasteiger charge is -2.09. The maximum atomic E-state index is 11.4. The highest BCUT2D eigenvalue weighted by Gasteiger charge is 2.03. The molecule has 0 atom stereocenters. The predicted molar refractivity (Wildman–Crippen MR) is 82.9 cm³/mol. The molecule has 1 aromatic carbocycles. The smallest absolute Gasteiger partial charge is 0.221 e. The normalized spacial score (nSPS) is 10.0. The first-order valence-electron chi connectivity index (χ1n) is 6.58. The molecule has 0 aliphatic heterocycles. The molecule has 1 aromatic rings. The molecule has 0 aromatic heterocycles. The Morgan fingerprint density at radius 2 is 1.95 bits per heavy atom. The van der Waals surface area contributed by atoms with E-state index in [1.165, 1.54) is 6.92 Å². The molecule has 0 aliphatic carbocycles. The Balaban J connectivity index is 2.11. The van der Waals surface area contributed by atoms with E-state index in [1.807, 2.05) is 0 Å². The molecule has 0 bridgehead atoms. The molecule has 116 valence electrons. The van der Waals surface area contributed by atoms with Gasteiger partial charge < -0.3 is 15.4 Å². The summed E-state index contributed by atoms with van der Waals surface area (Å²) in [5, 5.41) is 6.32. The van der Waals surface area contributed by atoms with Gasteiger partial charge in [-0.05, 0) is 24.6 Å². The van der Waals surface area contributed by atoms with Gasteiger partial charge in [0.1, 0.15) is 5.75 Å². The molecule has 7 heteroatoms. The van der Waals surface area contributed by atoms with E-state index in [-0.39, 0.29) is 18.2 Å². The van der Waals surface area contributed by atoms with Gasteiger partial charge in [-0.1, -0.05) is 23.2 Å². The molecule has 0 spiro atoms. The van der Waals surface area contributed by atoms with Gasteiger partial charge >= 0.3 is 0 Å². The summed E-state index contributed by atoms with van der Waals surface area (Å²) < 4.78 is 5.49. The molecule has 0 saturated carbocycles. The molecule has 2 N–H and O–H groups in total. The van der Waals surface area contributed by atoms with Crippen molar-refractivity contribution in [3.05, 3.63) is 28.2 Å². The number of nitrogens with one attached hydrogen (secondary N) is 2. The van der Waals surface area contributed by atoms with Crippen LogP contribution in [0.3, 0.4) is 0 Å². The van der Waals surface area contributed by atoms with Gasteiger partial charge in [-0.3, -0.25) is 9.59 Å². The van der Waals surface area contributed by atoms with Crippen molar-refractivity contribution in [2.45, 2.75) is 19.8 Å². The second kappa shape index (κ2) is 9.47. The van der Waals surface area contributed by atoms with Crippen molar-refractivity contribution in [3.8, 4) is 5.75 Å². The van der Waals surface area contributed by atoms with Gasteiger partial charge in [-0.15, -0.1) is 0 Å². The highest BCUT2D eigenvalue weighted by molar-refractivity contribution is 6.35. The van der Waals surface area contributed by atoms with Crippen LogP contribution in [-0.4, -0.2) is 31.5 Å². The zero-order chi connectivity index (χ0) is 15.7. The third kappa shape index (κ3) is 7.78. The van der Waals surface area contributed by atoms with Crippen LogP contribution in [0, 0.1) is 0 Å². The average molecular weight is 333 g/mol. The van der Waals surface area contributed by atoms with Crippen molar-refractivity contribution in [2.24, 2.45) is 0 Å². The predicted octanol–water partition coefficient (Wildman–Crippen LogP) is 2.40. The van der Waals surface area contributed by atoms with E-state index < -0.39 is 0 Å². The number of amides is 2. The Morgan fingerprint density at radius 1 is 1.19 bits per heavy atom. The van der Waals surface area contributed by atoms with Gasteiger partial charge in [-0.25, -0.2) is 0 Å². The lowest BCUT2D eigenvalue weighted by atomic mass is 10.3. The molecular formula is C14H18Cl2N2O3. The van der Waals surface area contributed by atoms with Crippen LogP contribution in [0.4, 0.5) is 0 Å². The SMILES string of the molecule is CC(=O)NCCC(=O)NCCCOc1ccc(Cl)cc1Cl. The molecule has 21 heavy (non-hydrogen) atoms. The van der Waals surface area contributed by atoms with E-state index >= 15 is 0 Å². The van der Waals surface area contributed by atoms with E-state index in [0.29, 0.717) is 41.9 Å². The Morgan fingerprint density at radius 3 is 2.62 bits per heavy atom. The molecular weight excluding hydrogens is 315 g/mol. The zero-order valence-corrected chi connectivity index (χ0v) is 13.3. The molecule has 0 aliphatic rings. The molecule has 1 rings (SSSR count). The molecule has 0 heterocycles. The van der Waals surface area contributed by atoms with E-state index in [9.17, 15) is 9.59 Å². The number of carbonyl (C=O) groups is 2. The van der Waals surface area contributed by atoms with Gasteiger partial charge in [0.15, 0.2) is 0 Å². The summed E-state index contributed by atoms with van der Waals surface area (Å²) in [6.07, 6.45) is 0.925. The van der Waals surface area contributed by atoms with Crippen molar-refractivity contribution in [1.29, 1.82) is 0 Å². The van der Waals surface area contributed by atoms with Crippen molar-refractivity contribution in [1.82, 2.24) is 10.6 Å². The lowest BCUT2D eigenvalue weighted by Crippen LogP contribution is -2.30. The third-order valence-corrected chi connectivity index (χ3v) is 3.05. The minimum atomic E-state index is -0.143. The van der Waals surface area contributed by atoms with Crippen LogP contribution in [0.15, 0.2) is 18.2 Å². The lowest BCUT2D eigenvalue weighted by molar-refractivity contribution is -0.121. The second-order valence-corrected chi connectivity index (χ2v) is 5.20. The fourth-order valence-electron chi connectivity index (χ4n) is 1.51. The molecule has 2 amide bonds. The second-order valence-electron chi connectivity index (χ2n) is 4.36. The van der Waals surface area contributed by atoms with Crippen LogP contribution >= 0.6 is 23.2 Å². The Labute approximate surface area is 133 Å². The first kappa shape index (κ1) is 17.6. The van der Waals surface area contributed by atoms with Crippen LogP contribution in [-0.2, 0) is 9.59 Å². The minimum absolute atomic E-state index is 0.103. The van der Waals surface area contributed by atoms with Crippen LogP contribution in [0.25, 0.3) is 0 Å².